The van der Waals surface area contributed by atoms with Crippen molar-refractivity contribution < 1.29 is 9.47 Å². The lowest BCUT2D eigenvalue weighted by Gasteiger charge is -2.06. The second-order valence-corrected chi connectivity index (χ2v) is 4.26. The summed E-state index contributed by atoms with van der Waals surface area (Å²) in [4.78, 5) is 8.17. The summed E-state index contributed by atoms with van der Waals surface area (Å²) in [6.45, 7) is 0.275. The highest BCUT2D eigenvalue weighted by Crippen LogP contribution is 2.23. The molecule has 0 N–H and O–H groups in total. The van der Waals surface area contributed by atoms with Gasteiger partial charge in [-0.1, -0.05) is 23.2 Å². The van der Waals surface area contributed by atoms with Crippen LogP contribution in [-0.4, -0.2) is 17.1 Å². The maximum absolute atomic E-state index is 5.87. The van der Waals surface area contributed by atoms with Crippen LogP contribution in [0.4, 0.5) is 0 Å². The van der Waals surface area contributed by atoms with Crippen LogP contribution in [0, 0.1) is 0 Å². The second-order valence-electron chi connectivity index (χ2n) is 3.43. The van der Waals surface area contributed by atoms with Crippen molar-refractivity contribution in [2.24, 2.45) is 0 Å². The van der Waals surface area contributed by atoms with Gasteiger partial charge in [-0.25, -0.2) is 4.98 Å². The molecule has 2 aromatic rings. The second kappa shape index (κ2) is 6.00. The van der Waals surface area contributed by atoms with Crippen LogP contribution in [0.3, 0.4) is 0 Å². The van der Waals surface area contributed by atoms with Crippen LogP contribution in [0.5, 0.6) is 11.6 Å². The van der Waals surface area contributed by atoms with Gasteiger partial charge in [-0.05, 0) is 24.3 Å². The topological polar surface area (TPSA) is 44.2 Å². The summed E-state index contributed by atoms with van der Waals surface area (Å²) in [5.41, 5.74) is 0. The van der Waals surface area contributed by atoms with Crippen molar-refractivity contribution in [1.82, 2.24) is 9.97 Å². The third kappa shape index (κ3) is 3.57. The Bertz CT molecular complexity index is 532. The number of halogens is 2. The zero-order valence-electron chi connectivity index (χ0n) is 9.56. The molecule has 1 heterocycles. The van der Waals surface area contributed by atoms with Crippen LogP contribution in [0.15, 0.2) is 30.3 Å². The van der Waals surface area contributed by atoms with Gasteiger partial charge in [0.1, 0.15) is 17.5 Å². The Balaban J connectivity index is 2.20. The molecule has 0 aliphatic heterocycles. The molecule has 94 valence electrons. The van der Waals surface area contributed by atoms with E-state index in [1.165, 1.54) is 6.07 Å². The fourth-order valence-electron chi connectivity index (χ4n) is 1.31. The van der Waals surface area contributed by atoms with Gasteiger partial charge in [-0.15, -0.1) is 0 Å². The van der Waals surface area contributed by atoms with Gasteiger partial charge >= 0.3 is 0 Å². The molecule has 0 aliphatic carbocycles. The minimum Gasteiger partial charge on any atom is -0.439 e. The van der Waals surface area contributed by atoms with Crippen LogP contribution < -0.4 is 4.74 Å². The van der Waals surface area contributed by atoms with Gasteiger partial charge in [0, 0.05) is 18.2 Å². The number of benzene rings is 1. The van der Waals surface area contributed by atoms with Crippen LogP contribution in [-0.2, 0) is 11.3 Å². The first kappa shape index (κ1) is 13.1. The Labute approximate surface area is 114 Å². The first-order valence-corrected chi connectivity index (χ1v) is 5.89. The van der Waals surface area contributed by atoms with Gasteiger partial charge in [-0.2, -0.15) is 4.98 Å². The summed E-state index contributed by atoms with van der Waals surface area (Å²) in [7, 11) is 1.56. The monoisotopic (exact) mass is 284 g/mol. The minimum absolute atomic E-state index is 0.275. The van der Waals surface area contributed by atoms with E-state index in [-0.39, 0.29) is 6.61 Å². The predicted octanol–water partition coefficient (Wildman–Crippen LogP) is 3.72. The van der Waals surface area contributed by atoms with E-state index in [2.05, 4.69) is 9.97 Å². The van der Waals surface area contributed by atoms with Crippen LogP contribution in [0.25, 0.3) is 0 Å². The molecular formula is C12H10Cl2N2O2. The van der Waals surface area contributed by atoms with Crippen molar-refractivity contribution in [3.63, 3.8) is 0 Å². The van der Waals surface area contributed by atoms with E-state index >= 15 is 0 Å². The molecule has 0 amide bonds. The first-order chi connectivity index (χ1) is 8.67. The summed E-state index contributed by atoms with van der Waals surface area (Å²) < 4.78 is 10.5. The van der Waals surface area contributed by atoms with E-state index in [0.717, 1.165) is 0 Å². The molecule has 0 aliphatic rings. The van der Waals surface area contributed by atoms with Gasteiger partial charge in [0.15, 0.2) is 5.82 Å². The largest absolute Gasteiger partial charge is 0.439 e. The molecule has 0 atom stereocenters. The number of methoxy groups -OCH3 is 1. The molecule has 18 heavy (non-hydrogen) atoms. The van der Waals surface area contributed by atoms with Crippen LogP contribution >= 0.6 is 23.2 Å². The third-order valence-electron chi connectivity index (χ3n) is 2.03. The molecule has 0 radical (unpaired) electrons. The standard InChI is InChI=1S/C12H10Cl2N2O2/c1-17-7-11-15-10(14)6-12(16-11)18-9-4-2-8(13)3-5-9/h2-6H,7H2,1H3. The molecule has 0 spiro atoms. The Morgan fingerprint density at radius 1 is 1.11 bits per heavy atom. The lowest BCUT2D eigenvalue weighted by atomic mass is 10.3. The predicted molar refractivity (Wildman–Crippen MR) is 69.3 cm³/mol. The maximum atomic E-state index is 5.87. The van der Waals surface area contributed by atoms with Gasteiger partial charge in [-0.3, -0.25) is 0 Å². The zero-order chi connectivity index (χ0) is 13.0. The average Bonchev–Trinajstić information content (AvgIpc) is 2.32. The molecule has 0 bridgehead atoms. The van der Waals surface area contributed by atoms with Gasteiger partial charge in [0.05, 0.1) is 0 Å². The molecule has 1 aromatic heterocycles. The van der Waals surface area contributed by atoms with E-state index in [9.17, 15) is 0 Å². The molecular weight excluding hydrogens is 275 g/mol. The molecule has 0 saturated heterocycles. The average molecular weight is 285 g/mol. The van der Waals surface area contributed by atoms with Crippen molar-refractivity contribution in [2.75, 3.05) is 7.11 Å². The highest BCUT2D eigenvalue weighted by molar-refractivity contribution is 6.30. The molecule has 0 unspecified atom stereocenters. The number of rotatable bonds is 4. The Morgan fingerprint density at radius 3 is 2.50 bits per heavy atom. The summed E-state index contributed by atoms with van der Waals surface area (Å²) >= 11 is 11.7. The summed E-state index contributed by atoms with van der Waals surface area (Å²) in [5.74, 6) is 1.45. The van der Waals surface area contributed by atoms with Crippen molar-refractivity contribution in [1.29, 1.82) is 0 Å². The highest BCUT2D eigenvalue weighted by atomic mass is 35.5. The van der Waals surface area contributed by atoms with Gasteiger partial charge < -0.3 is 9.47 Å². The van der Waals surface area contributed by atoms with Crippen molar-refractivity contribution in [3.05, 3.63) is 46.3 Å². The fourth-order valence-corrected chi connectivity index (χ4v) is 1.63. The number of aromatic nitrogens is 2. The lowest BCUT2D eigenvalue weighted by Crippen LogP contribution is -1.99. The Morgan fingerprint density at radius 2 is 1.83 bits per heavy atom. The Kier molecular flexibility index (Phi) is 4.36. The fraction of sp³-hybridized carbons (Fsp3) is 0.167. The van der Waals surface area contributed by atoms with E-state index in [1.807, 2.05) is 0 Å². The van der Waals surface area contributed by atoms with E-state index in [1.54, 1.807) is 31.4 Å². The van der Waals surface area contributed by atoms with Gasteiger partial charge in [0.2, 0.25) is 5.88 Å². The summed E-state index contributed by atoms with van der Waals surface area (Å²) in [6.07, 6.45) is 0. The normalized spacial score (nSPS) is 10.4. The molecule has 6 heteroatoms. The van der Waals surface area contributed by atoms with E-state index < -0.39 is 0 Å². The maximum Gasteiger partial charge on any atom is 0.224 e. The summed E-state index contributed by atoms with van der Waals surface area (Å²) in [6, 6.07) is 8.49. The van der Waals surface area contributed by atoms with Crippen molar-refractivity contribution in [2.45, 2.75) is 6.61 Å². The van der Waals surface area contributed by atoms with Crippen molar-refractivity contribution >= 4 is 23.2 Å². The molecule has 1 aromatic carbocycles. The number of hydrogen-bond acceptors (Lipinski definition) is 4. The van der Waals surface area contributed by atoms with Crippen LogP contribution in [0.1, 0.15) is 5.82 Å². The smallest absolute Gasteiger partial charge is 0.224 e. The minimum atomic E-state index is 0.275. The van der Waals surface area contributed by atoms with E-state index in [0.29, 0.717) is 27.6 Å². The number of ether oxygens (including phenoxy) is 2. The first-order valence-electron chi connectivity index (χ1n) is 5.13. The lowest BCUT2D eigenvalue weighted by molar-refractivity contribution is 0.177. The molecule has 0 fully saturated rings. The summed E-state index contributed by atoms with van der Waals surface area (Å²) in [5, 5.41) is 0.948. The van der Waals surface area contributed by atoms with Crippen LogP contribution in [0.2, 0.25) is 10.2 Å². The molecule has 0 saturated carbocycles. The number of nitrogens with zero attached hydrogens (tertiary/aromatic N) is 2. The van der Waals surface area contributed by atoms with Crippen molar-refractivity contribution in [3.8, 4) is 11.6 Å². The van der Waals surface area contributed by atoms with E-state index in [4.69, 9.17) is 32.7 Å². The Hall–Kier alpha value is -1.36. The SMILES string of the molecule is COCc1nc(Cl)cc(Oc2ccc(Cl)cc2)n1. The quantitative estimate of drug-likeness (QED) is 0.803. The molecule has 4 nitrogen and oxygen atoms in total. The van der Waals surface area contributed by atoms with Gasteiger partial charge in [0.25, 0.3) is 0 Å². The third-order valence-corrected chi connectivity index (χ3v) is 2.47. The highest BCUT2D eigenvalue weighted by Gasteiger charge is 2.05. The zero-order valence-corrected chi connectivity index (χ0v) is 11.1. The number of hydrogen-bond donors (Lipinski definition) is 0. The molecule has 2 rings (SSSR count).